The Labute approximate surface area is 109 Å². The van der Waals surface area contributed by atoms with Crippen LogP contribution in [0.1, 0.15) is 20.8 Å². The van der Waals surface area contributed by atoms with Gasteiger partial charge in [0.25, 0.3) is 0 Å². The van der Waals surface area contributed by atoms with E-state index in [0.717, 1.165) is 0 Å². The SMILES string of the molecule is C=C(C)C(=O)OCC(C)(C)CNS(=O)(=O)C(F)(F)F. The van der Waals surface area contributed by atoms with Gasteiger partial charge in [0.1, 0.15) is 0 Å². The van der Waals surface area contributed by atoms with E-state index >= 15 is 0 Å². The molecule has 0 aromatic carbocycles. The molecule has 0 aliphatic heterocycles. The van der Waals surface area contributed by atoms with Crippen molar-refractivity contribution in [1.29, 1.82) is 0 Å². The zero-order valence-corrected chi connectivity index (χ0v) is 11.6. The number of ether oxygens (including phenoxy) is 1. The van der Waals surface area contributed by atoms with Gasteiger partial charge in [-0.05, 0) is 6.92 Å². The molecule has 19 heavy (non-hydrogen) atoms. The van der Waals surface area contributed by atoms with E-state index in [-0.39, 0.29) is 12.2 Å². The van der Waals surface area contributed by atoms with Gasteiger partial charge in [0.15, 0.2) is 0 Å². The molecule has 0 fully saturated rings. The lowest BCUT2D eigenvalue weighted by Gasteiger charge is -2.24. The first kappa shape index (κ1) is 17.9. The van der Waals surface area contributed by atoms with E-state index < -0.39 is 33.5 Å². The Kier molecular flexibility index (Phi) is 5.57. The van der Waals surface area contributed by atoms with E-state index in [4.69, 9.17) is 4.74 Å². The molecule has 0 aromatic rings. The molecular formula is C10H16F3NO4S. The highest BCUT2D eigenvalue weighted by Crippen LogP contribution is 2.23. The molecule has 0 aliphatic rings. The quantitative estimate of drug-likeness (QED) is 0.597. The fraction of sp³-hybridized carbons (Fsp3) is 0.700. The van der Waals surface area contributed by atoms with Crippen LogP contribution in [0.4, 0.5) is 13.2 Å². The highest BCUT2D eigenvalue weighted by atomic mass is 32.2. The highest BCUT2D eigenvalue weighted by molar-refractivity contribution is 7.90. The molecule has 112 valence electrons. The molecule has 0 bridgehead atoms. The Morgan fingerprint density at radius 1 is 1.32 bits per heavy atom. The maximum atomic E-state index is 12.1. The number of nitrogens with one attached hydrogen (secondary N) is 1. The van der Waals surface area contributed by atoms with Crippen LogP contribution in [0.25, 0.3) is 0 Å². The van der Waals surface area contributed by atoms with Crippen LogP contribution in [0.3, 0.4) is 0 Å². The Hall–Kier alpha value is -1.09. The lowest BCUT2D eigenvalue weighted by Crippen LogP contribution is -2.42. The van der Waals surface area contributed by atoms with Gasteiger partial charge in [-0.1, -0.05) is 20.4 Å². The van der Waals surface area contributed by atoms with Gasteiger partial charge in [-0.15, -0.1) is 0 Å². The predicted octanol–water partition coefficient (Wildman–Crippen LogP) is 1.57. The average Bonchev–Trinajstić information content (AvgIpc) is 2.22. The fourth-order valence-electron chi connectivity index (χ4n) is 0.807. The number of esters is 1. The van der Waals surface area contributed by atoms with Gasteiger partial charge in [0.2, 0.25) is 0 Å². The molecule has 0 aromatic heterocycles. The predicted molar refractivity (Wildman–Crippen MR) is 62.5 cm³/mol. The molecule has 0 amide bonds. The third kappa shape index (κ3) is 6.06. The molecular weight excluding hydrogens is 287 g/mol. The molecule has 1 N–H and O–H groups in total. The third-order valence-electron chi connectivity index (χ3n) is 1.99. The zero-order valence-electron chi connectivity index (χ0n) is 10.8. The van der Waals surface area contributed by atoms with Crippen LogP contribution in [0, 0.1) is 5.41 Å². The molecule has 0 aliphatic carbocycles. The van der Waals surface area contributed by atoms with Gasteiger partial charge >= 0.3 is 21.5 Å². The van der Waals surface area contributed by atoms with Crippen molar-refractivity contribution in [1.82, 2.24) is 4.72 Å². The molecule has 0 atom stereocenters. The van der Waals surface area contributed by atoms with Crippen molar-refractivity contribution in [2.45, 2.75) is 26.3 Å². The van der Waals surface area contributed by atoms with Crippen molar-refractivity contribution in [2.75, 3.05) is 13.2 Å². The summed E-state index contributed by atoms with van der Waals surface area (Å²) in [6, 6.07) is 0. The molecule has 0 saturated heterocycles. The number of carbonyl (C=O) groups is 1. The van der Waals surface area contributed by atoms with Crippen LogP contribution in [0.5, 0.6) is 0 Å². The van der Waals surface area contributed by atoms with Crippen molar-refractivity contribution in [3.05, 3.63) is 12.2 Å². The topological polar surface area (TPSA) is 72.5 Å². The van der Waals surface area contributed by atoms with Crippen LogP contribution in [-0.2, 0) is 19.6 Å². The molecule has 0 radical (unpaired) electrons. The summed E-state index contributed by atoms with van der Waals surface area (Å²) in [6.45, 7) is 6.92. The Bertz CT molecular complexity index is 454. The number of alkyl halides is 3. The second kappa shape index (κ2) is 5.91. The Balaban J connectivity index is 4.48. The second-order valence-corrected chi connectivity index (χ2v) is 6.55. The summed E-state index contributed by atoms with van der Waals surface area (Å²) in [6.07, 6.45) is 0. The molecule has 5 nitrogen and oxygen atoms in total. The highest BCUT2D eigenvalue weighted by Gasteiger charge is 2.46. The molecule has 0 saturated carbocycles. The number of hydrogen-bond acceptors (Lipinski definition) is 4. The van der Waals surface area contributed by atoms with Gasteiger partial charge in [0.05, 0.1) is 6.61 Å². The first-order chi connectivity index (χ1) is 8.28. The van der Waals surface area contributed by atoms with Gasteiger partial charge < -0.3 is 4.74 Å². The Morgan fingerprint density at radius 2 is 1.79 bits per heavy atom. The van der Waals surface area contributed by atoms with E-state index in [1.165, 1.54) is 25.5 Å². The van der Waals surface area contributed by atoms with Gasteiger partial charge in [0, 0.05) is 17.5 Å². The molecule has 0 rings (SSSR count). The van der Waals surface area contributed by atoms with E-state index in [2.05, 4.69) is 6.58 Å². The number of halogens is 3. The largest absolute Gasteiger partial charge is 0.511 e. The summed E-state index contributed by atoms with van der Waals surface area (Å²) in [5.74, 6) is -0.688. The van der Waals surface area contributed by atoms with Crippen LogP contribution in [0.15, 0.2) is 12.2 Å². The van der Waals surface area contributed by atoms with Crippen LogP contribution in [0.2, 0.25) is 0 Å². The third-order valence-corrected chi connectivity index (χ3v) is 3.12. The number of hydrogen-bond donors (Lipinski definition) is 1. The van der Waals surface area contributed by atoms with E-state index in [9.17, 15) is 26.4 Å². The normalized spacial score (nSPS) is 13.2. The maximum Gasteiger partial charge on any atom is 0.511 e. The zero-order chi connectivity index (χ0) is 15.5. The average molecular weight is 303 g/mol. The lowest BCUT2D eigenvalue weighted by molar-refractivity contribution is -0.141. The van der Waals surface area contributed by atoms with Crippen molar-refractivity contribution < 1.29 is 31.1 Å². The van der Waals surface area contributed by atoms with Crippen LogP contribution >= 0.6 is 0 Å². The van der Waals surface area contributed by atoms with E-state index in [0.29, 0.717) is 0 Å². The minimum Gasteiger partial charge on any atom is -0.462 e. The first-order valence-corrected chi connectivity index (χ1v) is 6.65. The standard InChI is InChI=1S/C10H16F3NO4S/c1-7(2)8(15)18-6-9(3,4)5-14-19(16,17)10(11,12)13/h14H,1,5-6H2,2-4H3. The van der Waals surface area contributed by atoms with Crippen LogP contribution in [-0.4, -0.2) is 33.0 Å². The van der Waals surface area contributed by atoms with Gasteiger partial charge in [-0.3, -0.25) is 0 Å². The summed E-state index contributed by atoms with van der Waals surface area (Å²) in [5.41, 5.74) is -6.20. The molecule has 0 unspecified atom stereocenters. The van der Waals surface area contributed by atoms with Gasteiger partial charge in [-0.25, -0.2) is 17.9 Å². The number of rotatable bonds is 6. The van der Waals surface area contributed by atoms with Crippen LogP contribution < -0.4 is 4.72 Å². The van der Waals surface area contributed by atoms with E-state index in [1.54, 1.807) is 0 Å². The number of carbonyl (C=O) groups excluding carboxylic acids is 1. The molecule has 0 spiro atoms. The minimum absolute atomic E-state index is 0.145. The summed E-state index contributed by atoms with van der Waals surface area (Å²) < 4.78 is 64.0. The van der Waals surface area contributed by atoms with E-state index in [1.807, 2.05) is 0 Å². The molecule has 0 heterocycles. The van der Waals surface area contributed by atoms with Gasteiger partial charge in [-0.2, -0.15) is 13.2 Å². The monoisotopic (exact) mass is 303 g/mol. The summed E-state index contributed by atoms with van der Waals surface area (Å²) in [4.78, 5) is 11.1. The van der Waals surface area contributed by atoms with Crippen molar-refractivity contribution in [2.24, 2.45) is 5.41 Å². The summed E-state index contributed by atoms with van der Waals surface area (Å²) >= 11 is 0. The second-order valence-electron chi connectivity index (χ2n) is 4.79. The van der Waals surface area contributed by atoms with Crippen molar-refractivity contribution >= 4 is 16.0 Å². The number of sulfonamides is 1. The summed E-state index contributed by atoms with van der Waals surface area (Å²) in [5, 5.41) is 0. The van der Waals surface area contributed by atoms with Crippen molar-refractivity contribution in [3.63, 3.8) is 0 Å². The fourth-order valence-corrected chi connectivity index (χ4v) is 1.55. The lowest BCUT2D eigenvalue weighted by atomic mass is 9.95. The maximum absolute atomic E-state index is 12.1. The first-order valence-electron chi connectivity index (χ1n) is 5.17. The smallest absolute Gasteiger partial charge is 0.462 e. The molecule has 9 heteroatoms. The minimum atomic E-state index is -5.39. The summed E-state index contributed by atoms with van der Waals surface area (Å²) in [7, 11) is -5.39. The Morgan fingerprint density at radius 3 is 2.16 bits per heavy atom. The van der Waals surface area contributed by atoms with Crippen molar-refractivity contribution in [3.8, 4) is 0 Å².